The molecule has 2 aliphatic heterocycles. The number of anilines is 1. The van der Waals surface area contributed by atoms with Gasteiger partial charge in [0.2, 0.25) is 5.91 Å². The first kappa shape index (κ1) is 22.3. The minimum Gasteiger partial charge on any atom is -0.493 e. The van der Waals surface area contributed by atoms with Gasteiger partial charge in [-0.2, -0.15) is 0 Å². The largest absolute Gasteiger partial charge is 0.493 e. The van der Waals surface area contributed by atoms with Crippen molar-refractivity contribution >= 4 is 27.5 Å². The Hall–Kier alpha value is -1.89. The molecule has 2 aromatic carbocycles. The van der Waals surface area contributed by atoms with E-state index in [1.807, 2.05) is 24.3 Å². The van der Waals surface area contributed by atoms with Crippen molar-refractivity contribution in [3.8, 4) is 5.75 Å². The van der Waals surface area contributed by atoms with Gasteiger partial charge in [0.25, 0.3) is 0 Å². The Morgan fingerprint density at radius 2 is 1.68 bits per heavy atom. The third kappa shape index (κ3) is 6.79. The van der Waals surface area contributed by atoms with Crippen LogP contribution in [0.1, 0.15) is 31.2 Å². The summed E-state index contributed by atoms with van der Waals surface area (Å²) in [6.07, 6.45) is 4.21. The van der Waals surface area contributed by atoms with Crippen molar-refractivity contribution < 1.29 is 9.53 Å². The minimum absolute atomic E-state index is 0.0886. The van der Waals surface area contributed by atoms with Crippen LogP contribution in [0.2, 0.25) is 0 Å². The second-order valence-electron chi connectivity index (χ2n) is 8.69. The molecule has 0 bridgehead atoms. The van der Waals surface area contributed by atoms with Gasteiger partial charge in [0, 0.05) is 22.6 Å². The lowest BCUT2D eigenvalue weighted by Gasteiger charge is -2.31. The monoisotopic (exact) mass is 485 g/mol. The summed E-state index contributed by atoms with van der Waals surface area (Å²) in [5.74, 6) is 1.86. The summed E-state index contributed by atoms with van der Waals surface area (Å²) < 4.78 is 7.01. The standard InChI is InChI=1S/C25H32BrN3O2/c26-22-3-5-23(6-4-22)28-25(30)21-11-15-29(16-12-21)17-19-1-7-24(8-2-19)31-18-20-9-13-27-14-10-20/h1-8,20-21,27H,9-18H2,(H,28,30). The molecule has 1 amide bonds. The number of hydrogen-bond donors (Lipinski definition) is 2. The van der Waals surface area contributed by atoms with Crippen molar-refractivity contribution in [3.05, 3.63) is 58.6 Å². The van der Waals surface area contributed by atoms with Gasteiger partial charge in [-0.15, -0.1) is 0 Å². The highest BCUT2D eigenvalue weighted by Crippen LogP contribution is 2.23. The predicted molar refractivity (Wildman–Crippen MR) is 128 cm³/mol. The number of nitrogens with zero attached hydrogens (tertiary/aromatic N) is 1. The van der Waals surface area contributed by atoms with Crippen LogP contribution in [0.4, 0.5) is 5.69 Å². The molecule has 6 heteroatoms. The first-order valence-electron chi connectivity index (χ1n) is 11.4. The maximum atomic E-state index is 12.6. The fourth-order valence-electron chi connectivity index (χ4n) is 4.34. The molecule has 0 aliphatic carbocycles. The number of likely N-dealkylation sites (tertiary alicyclic amines) is 1. The summed E-state index contributed by atoms with van der Waals surface area (Å²) in [6, 6.07) is 16.3. The van der Waals surface area contributed by atoms with Crippen molar-refractivity contribution in [1.29, 1.82) is 0 Å². The van der Waals surface area contributed by atoms with Crippen LogP contribution in [0, 0.1) is 11.8 Å². The van der Waals surface area contributed by atoms with Gasteiger partial charge in [-0.05, 0) is 99.7 Å². The zero-order valence-corrected chi connectivity index (χ0v) is 19.6. The van der Waals surface area contributed by atoms with Crippen LogP contribution in [-0.2, 0) is 11.3 Å². The van der Waals surface area contributed by atoms with Gasteiger partial charge in [0.1, 0.15) is 5.75 Å². The summed E-state index contributed by atoms with van der Waals surface area (Å²) in [6.45, 7) is 5.86. The molecule has 0 atom stereocenters. The quantitative estimate of drug-likeness (QED) is 0.597. The lowest BCUT2D eigenvalue weighted by Crippen LogP contribution is -2.37. The number of hydrogen-bond acceptors (Lipinski definition) is 4. The van der Waals surface area contributed by atoms with E-state index in [0.29, 0.717) is 5.92 Å². The molecule has 166 valence electrons. The van der Waals surface area contributed by atoms with E-state index in [2.05, 4.69) is 55.7 Å². The molecule has 2 saturated heterocycles. The van der Waals surface area contributed by atoms with Gasteiger partial charge in [0.05, 0.1) is 6.61 Å². The number of nitrogens with one attached hydrogen (secondary N) is 2. The van der Waals surface area contributed by atoms with Crippen LogP contribution in [0.5, 0.6) is 5.75 Å². The Morgan fingerprint density at radius 3 is 2.35 bits per heavy atom. The molecule has 2 aromatic rings. The Balaban J connectivity index is 1.18. The molecule has 2 aliphatic rings. The van der Waals surface area contributed by atoms with Gasteiger partial charge in [-0.3, -0.25) is 9.69 Å². The molecule has 0 spiro atoms. The van der Waals surface area contributed by atoms with E-state index in [4.69, 9.17) is 4.74 Å². The van der Waals surface area contributed by atoms with Gasteiger partial charge in [-0.25, -0.2) is 0 Å². The molecule has 2 N–H and O–H groups in total. The Labute approximate surface area is 193 Å². The van der Waals surface area contributed by atoms with E-state index in [9.17, 15) is 4.79 Å². The number of piperidine rings is 2. The maximum Gasteiger partial charge on any atom is 0.227 e. The highest BCUT2D eigenvalue weighted by molar-refractivity contribution is 9.10. The molecule has 0 radical (unpaired) electrons. The molecule has 31 heavy (non-hydrogen) atoms. The van der Waals surface area contributed by atoms with Crippen LogP contribution in [-0.4, -0.2) is 43.6 Å². The average Bonchev–Trinajstić information content (AvgIpc) is 2.81. The van der Waals surface area contributed by atoms with Gasteiger partial charge >= 0.3 is 0 Å². The summed E-state index contributed by atoms with van der Waals surface area (Å²) in [5, 5.41) is 6.45. The lowest BCUT2D eigenvalue weighted by molar-refractivity contribution is -0.121. The van der Waals surface area contributed by atoms with Crippen molar-refractivity contribution in [2.75, 3.05) is 38.1 Å². The molecule has 0 aromatic heterocycles. The smallest absolute Gasteiger partial charge is 0.227 e. The Kier molecular flexibility index (Phi) is 8.00. The van der Waals surface area contributed by atoms with E-state index in [1.54, 1.807) is 0 Å². The summed E-state index contributed by atoms with van der Waals surface area (Å²) in [7, 11) is 0. The summed E-state index contributed by atoms with van der Waals surface area (Å²) in [5.41, 5.74) is 2.16. The third-order valence-electron chi connectivity index (χ3n) is 6.34. The van der Waals surface area contributed by atoms with E-state index in [0.717, 1.165) is 68.1 Å². The number of amides is 1. The minimum atomic E-state index is 0.0886. The van der Waals surface area contributed by atoms with E-state index in [1.165, 1.54) is 18.4 Å². The van der Waals surface area contributed by atoms with Gasteiger partial charge < -0.3 is 15.4 Å². The van der Waals surface area contributed by atoms with Crippen molar-refractivity contribution in [2.24, 2.45) is 11.8 Å². The average molecular weight is 486 g/mol. The fraction of sp³-hybridized carbons (Fsp3) is 0.480. The normalized spacial score (nSPS) is 18.6. The summed E-state index contributed by atoms with van der Waals surface area (Å²) >= 11 is 3.42. The van der Waals surface area contributed by atoms with E-state index in [-0.39, 0.29) is 11.8 Å². The molecule has 0 unspecified atom stereocenters. The molecular weight excluding hydrogens is 454 g/mol. The molecule has 5 nitrogen and oxygen atoms in total. The number of benzene rings is 2. The van der Waals surface area contributed by atoms with Crippen LogP contribution >= 0.6 is 15.9 Å². The highest BCUT2D eigenvalue weighted by Gasteiger charge is 2.25. The molecule has 2 heterocycles. The highest BCUT2D eigenvalue weighted by atomic mass is 79.9. The molecule has 4 rings (SSSR count). The van der Waals surface area contributed by atoms with E-state index >= 15 is 0 Å². The molecule has 2 fully saturated rings. The number of halogens is 1. The Bertz CT molecular complexity index is 827. The summed E-state index contributed by atoms with van der Waals surface area (Å²) in [4.78, 5) is 15.0. The number of rotatable bonds is 7. The van der Waals surface area contributed by atoms with E-state index < -0.39 is 0 Å². The number of carbonyl (C=O) groups excluding carboxylic acids is 1. The predicted octanol–water partition coefficient (Wildman–Crippen LogP) is 4.68. The Morgan fingerprint density at radius 1 is 1.00 bits per heavy atom. The van der Waals surface area contributed by atoms with Gasteiger partial charge in [0.15, 0.2) is 0 Å². The van der Waals surface area contributed by atoms with Crippen molar-refractivity contribution in [1.82, 2.24) is 10.2 Å². The first-order valence-corrected chi connectivity index (χ1v) is 12.2. The molecular formula is C25H32BrN3O2. The number of carbonyl (C=O) groups is 1. The van der Waals surface area contributed by atoms with Crippen LogP contribution in [0.25, 0.3) is 0 Å². The zero-order valence-electron chi connectivity index (χ0n) is 18.0. The maximum absolute atomic E-state index is 12.6. The van der Waals surface area contributed by atoms with Crippen LogP contribution in [0.3, 0.4) is 0 Å². The van der Waals surface area contributed by atoms with Crippen molar-refractivity contribution in [3.63, 3.8) is 0 Å². The van der Waals surface area contributed by atoms with Crippen LogP contribution < -0.4 is 15.4 Å². The number of ether oxygens (including phenoxy) is 1. The SMILES string of the molecule is O=C(Nc1ccc(Br)cc1)C1CCN(Cc2ccc(OCC3CCNCC3)cc2)CC1. The third-order valence-corrected chi connectivity index (χ3v) is 6.87. The zero-order chi connectivity index (χ0) is 21.5. The second kappa shape index (κ2) is 11.1. The topological polar surface area (TPSA) is 53.6 Å². The molecule has 0 saturated carbocycles. The second-order valence-corrected chi connectivity index (χ2v) is 9.61. The lowest BCUT2D eigenvalue weighted by atomic mass is 9.95. The van der Waals surface area contributed by atoms with Crippen molar-refractivity contribution in [2.45, 2.75) is 32.2 Å². The fourth-order valence-corrected chi connectivity index (χ4v) is 4.61. The van der Waals surface area contributed by atoms with Crippen LogP contribution in [0.15, 0.2) is 53.0 Å². The van der Waals surface area contributed by atoms with Gasteiger partial charge in [-0.1, -0.05) is 28.1 Å². The first-order chi connectivity index (χ1) is 15.2.